The van der Waals surface area contributed by atoms with Crippen LogP contribution in [0.4, 0.5) is 4.39 Å². The monoisotopic (exact) mass is 342 g/mol. The highest BCUT2D eigenvalue weighted by molar-refractivity contribution is 9.10. The van der Waals surface area contributed by atoms with Crippen molar-refractivity contribution < 1.29 is 9.18 Å². The highest BCUT2D eigenvalue weighted by Crippen LogP contribution is 2.24. The summed E-state index contributed by atoms with van der Waals surface area (Å²) in [4.78, 5) is 14.3. The molecular weight excluding hydrogens is 323 g/mol. The van der Waals surface area contributed by atoms with Crippen LogP contribution in [0.5, 0.6) is 0 Å². The van der Waals surface area contributed by atoms with Crippen LogP contribution in [-0.4, -0.2) is 37.5 Å². The van der Waals surface area contributed by atoms with E-state index < -0.39 is 0 Å². The number of benzene rings is 1. The van der Waals surface area contributed by atoms with Gasteiger partial charge >= 0.3 is 0 Å². The summed E-state index contributed by atoms with van der Waals surface area (Å²) in [6, 6.07) is 4.22. The topological polar surface area (TPSA) is 32.3 Å². The van der Waals surface area contributed by atoms with Gasteiger partial charge in [0, 0.05) is 17.6 Å². The average molecular weight is 343 g/mol. The Bertz CT molecular complexity index is 473. The molecule has 2 rings (SSSR count). The molecule has 1 fully saturated rings. The molecular formula is C15H20BrFN2O. The summed E-state index contributed by atoms with van der Waals surface area (Å²) in [7, 11) is 1.96. The first-order valence-corrected chi connectivity index (χ1v) is 7.80. The van der Waals surface area contributed by atoms with Gasteiger partial charge in [-0.3, -0.25) is 4.79 Å². The fourth-order valence-electron chi connectivity index (χ4n) is 2.61. The Kier molecular flexibility index (Phi) is 5.54. The first kappa shape index (κ1) is 15.4. The Labute approximate surface area is 127 Å². The second-order valence-electron chi connectivity index (χ2n) is 5.25. The standard InChI is InChI=1S/C15H20BrFN2O/c1-18-7-4-11-5-8-19(9-6-11)15(20)13-3-2-12(17)10-14(13)16/h2-3,10-11,18H,4-9H2,1H3. The first-order chi connectivity index (χ1) is 9.61. The number of piperidine rings is 1. The molecule has 110 valence electrons. The van der Waals surface area contributed by atoms with Crippen molar-refractivity contribution in [3.63, 3.8) is 0 Å². The van der Waals surface area contributed by atoms with E-state index in [1.54, 1.807) is 6.07 Å². The Balaban J connectivity index is 1.94. The molecule has 0 aliphatic carbocycles. The minimum absolute atomic E-state index is 0.0102. The molecule has 1 aliphatic rings. The summed E-state index contributed by atoms with van der Waals surface area (Å²) in [6.45, 7) is 2.61. The van der Waals surface area contributed by atoms with Gasteiger partial charge in [0.15, 0.2) is 0 Å². The van der Waals surface area contributed by atoms with E-state index in [2.05, 4.69) is 21.2 Å². The van der Waals surface area contributed by atoms with Crippen LogP contribution >= 0.6 is 15.9 Å². The van der Waals surface area contributed by atoms with Gasteiger partial charge in [-0.1, -0.05) is 0 Å². The van der Waals surface area contributed by atoms with Crippen molar-refractivity contribution in [2.75, 3.05) is 26.7 Å². The number of carbonyl (C=O) groups excluding carboxylic acids is 1. The van der Waals surface area contributed by atoms with Gasteiger partial charge in [0.05, 0.1) is 5.56 Å². The summed E-state index contributed by atoms with van der Waals surface area (Å²) < 4.78 is 13.6. The van der Waals surface area contributed by atoms with E-state index in [9.17, 15) is 9.18 Å². The van der Waals surface area contributed by atoms with Crippen LogP contribution < -0.4 is 5.32 Å². The van der Waals surface area contributed by atoms with E-state index in [0.29, 0.717) is 16.0 Å². The zero-order valence-corrected chi connectivity index (χ0v) is 13.2. The molecule has 0 spiro atoms. The van der Waals surface area contributed by atoms with Gasteiger partial charge in [-0.25, -0.2) is 4.39 Å². The van der Waals surface area contributed by atoms with Crippen LogP contribution in [0.25, 0.3) is 0 Å². The van der Waals surface area contributed by atoms with Gasteiger partial charge < -0.3 is 10.2 Å². The normalized spacial score (nSPS) is 16.4. The molecule has 0 aromatic heterocycles. The van der Waals surface area contributed by atoms with Crippen molar-refractivity contribution in [2.45, 2.75) is 19.3 Å². The summed E-state index contributed by atoms with van der Waals surface area (Å²) in [6.07, 6.45) is 3.26. The lowest BCUT2D eigenvalue weighted by Crippen LogP contribution is -2.39. The van der Waals surface area contributed by atoms with E-state index >= 15 is 0 Å². The molecule has 1 aromatic rings. The number of likely N-dealkylation sites (tertiary alicyclic amines) is 1. The number of halogens is 2. The number of carbonyl (C=O) groups is 1. The number of nitrogens with zero attached hydrogens (tertiary/aromatic N) is 1. The van der Waals surface area contributed by atoms with Crippen LogP contribution in [-0.2, 0) is 0 Å². The zero-order chi connectivity index (χ0) is 14.5. The highest BCUT2D eigenvalue weighted by atomic mass is 79.9. The zero-order valence-electron chi connectivity index (χ0n) is 11.7. The van der Waals surface area contributed by atoms with Gasteiger partial charge in [-0.05, 0) is 72.9 Å². The molecule has 1 N–H and O–H groups in total. The van der Waals surface area contributed by atoms with Gasteiger partial charge in [0.1, 0.15) is 5.82 Å². The predicted molar refractivity (Wildman–Crippen MR) is 81.3 cm³/mol. The minimum atomic E-state index is -0.334. The molecule has 0 unspecified atom stereocenters. The summed E-state index contributed by atoms with van der Waals surface area (Å²) in [5.74, 6) is 0.353. The molecule has 1 heterocycles. The third-order valence-corrected chi connectivity index (χ3v) is 4.52. The second kappa shape index (κ2) is 7.18. The molecule has 1 aromatic carbocycles. The molecule has 1 amide bonds. The molecule has 0 radical (unpaired) electrons. The molecule has 0 bridgehead atoms. The van der Waals surface area contributed by atoms with Crippen LogP contribution in [0.2, 0.25) is 0 Å². The van der Waals surface area contributed by atoms with Gasteiger partial charge in [0.2, 0.25) is 0 Å². The maximum absolute atomic E-state index is 13.1. The average Bonchev–Trinajstić information content (AvgIpc) is 2.45. The number of hydrogen-bond acceptors (Lipinski definition) is 2. The molecule has 1 saturated heterocycles. The Morgan fingerprint density at radius 2 is 2.15 bits per heavy atom. The summed E-state index contributed by atoms with van der Waals surface area (Å²) in [5.41, 5.74) is 0.542. The van der Waals surface area contributed by atoms with E-state index in [1.807, 2.05) is 11.9 Å². The van der Waals surface area contributed by atoms with E-state index in [1.165, 1.54) is 18.6 Å². The summed E-state index contributed by atoms with van der Waals surface area (Å²) >= 11 is 3.26. The third kappa shape index (κ3) is 3.79. The molecule has 3 nitrogen and oxygen atoms in total. The van der Waals surface area contributed by atoms with E-state index in [4.69, 9.17) is 0 Å². The number of rotatable bonds is 4. The molecule has 20 heavy (non-hydrogen) atoms. The van der Waals surface area contributed by atoms with Gasteiger partial charge in [0.25, 0.3) is 5.91 Å². The van der Waals surface area contributed by atoms with Crippen molar-refractivity contribution in [3.8, 4) is 0 Å². The summed E-state index contributed by atoms with van der Waals surface area (Å²) in [5, 5.41) is 3.17. The molecule has 1 aliphatic heterocycles. The quantitative estimate of drug-likeness (QED) is 0.911. The van der Waals surface area contributed by atoms with Crippen LogP contribution in [0.1, 0.15) is 29.6 Å². The molecule has 0 atom stereocenters. The lowest BCUT2D eigenvalue weighted by Gasteiger charge is -2.32. The third-order valence-electron chi connectivity index (χ3n) is 3.87. The maximum atomic E-state index is 13.1. The highest BCUT2D eigenvalue weighted by Gasteiger charge is 2.24. The van der Waals surface area contributed by atoms with Crippen molar-refractivity contribution in [2.24, 2.45) is 5.92 Å². The van der Waals surface area contributed by atoms with Crippen LogP contribution in [0.15, 0.2) is 22.7 Å². The fraction of sp³-hybridized carbons (Fsp3) is 0.533. The minimum Gasteiger partial charge on any atom is -0.339 e. The smallest absolute Gasteiger partial charge is 0.255 e. The van der Waals surface area contributed by atoms with Crippen molar-refractivity contribution in [3.05, 3.63) is 34.1 Å². The lowest BCUT2D eigenvalue weighted by atomic mass is 9.93. The number of nitrogens with one attached hydrogen (secondary N) is 1. The second-order valence-corrected chi connectivity index (χ2v) is 6.11. The molecule has 0 saturated carbocycles. The Morgan fingerprint density at radius 3 is 2.75 bits per heavy atom. The number of hydrogen-bond donors (Lipinski definition) is 1. The Morgan fingerprint density at radius 1 is 1.45 bits per heavy atom. The SMILES string of the molecule is CNCCC1CCN(C(=O)c2ccc(F)cc2Br)CC1. The molecule has 5 heteroatoms. The largest absolute Gasteiger partial charge is 0.339 e. The van der Waals surface area contributed by atoms with Crippen molar-refractivity contribution in [1.82, 2.24) is 10.2 Å². The predicted octanol–water partition coefficient (Wildman–Crippen LogP) is 3.05. The van der Waals surface area contributed by atoms with E-state index in [-0.39, 0.29) is 11.7 Å². The van der Waals surface area contributed by atoms with Gasteiger partial charge in [-0.15, -0.1) is 0 Å². The lowest BCUT2D eigenvalue weighted by molar-refractivity contribution is 0.0686. The van der Waals surface area contributed by atoms with E-state index in [0.717, 1.165) is 32.5 Å². The van der Waals surface area contributed by atoms with Crippen LogP contribution in [0, 0.1) is 11.7 Å². The first-order valence-electron chi connectivity index (χ1n) is 7.00. The maximum Gasteiger partial charge on any atom is 0.255 e. The number of amides is 1. The van der Waals surface area contributed by atoms with Crippen LogP contribution in [0.3, 0.4) is 0 Å². The fourth-order valence-corrected chi connectivity index (χ4v) is 3.13. The Hall–Kier alpha value is -0.940. The van der Waals surface area contributed by atoms with Crippen molar-refractivity contribution >= 4 is 21.8 Å². The van der Waals surface area contributed by atoms with Crippen molar-refractivity contribution in [1.29, 1.82) is 0 Å². The van der Waals surface area contributed by atoms with Gasteiger partial charge in [-0.2, -0.15) is 0 Å².